The molecule has 64 valence electrons. The third kappa shape index (κ3) is 1.54. The van der Waals surface area contributed by atoms with Crippen molar-refractivity contribution in [3.63, 3.8) is 0 Å². The molecule has 1 atom stereocenters. The predicted molar refractivity (Wildman–Crippen MR) is 41.9 cm³/mol. The van der Waals surface area contributed by atoms with Gasteiger partial charge < -0.3 is 0 Å². The van der Waals surface area contributed by atoms with E-state index < -0.39 is 0 Å². The highest BCUT2D eigenvalue weighted by Gasteiger charge is 2.28. The normalized spacial score (nSPS) is 35.2. The number of rotatable bonds is 0. The second-order valence-corrected chi connectivity index (χ2v) is 3.55. The van der Waals surface area contributed by atoms with Crippen LogP contribution in [0.3, 0.4) is 0 Å². The maximum atomic E-state index is 12.9. The van der Waals surface area contributed by atoms with Gasteiger partial charge in [0.2, 0.25) is 0 Å². The molecule has 2 rings (SSSR count). The Morgan fingerprint density at radius 3 is 2.82 bits per heavy atom. The molecule has 3 heteroatoms. The van der Waals surface area contributed by atoms with Crippen molar-refractivity contribution >= 4 is 0 Å². The molecule has 0 aromatic carbocycles. The molecule has 0 bridgehead atoms. The molecular weight excluding hydrogens is 143 g/mol. The summed E-state index contributed by atoms with van der Waals surface area (Å²) in [5.41, 5.74) is 0. The molecular formula is C8H15FN2. The first kappa shape index (κ1) is 7.50. The van der Waals surface area contributed by atoms with Gasteiger partial charge in [0.15, 0.2) is 0 Å². The van der Waals surface area contributed by atoms with Crippen LogP contribution in [0.25, 0.3) is 0 Å². The van der Waals surface area contributed by atoms with Crippen LogP contribution in [0.1, 0.15) is 19.3 Å². The fraction of sp³-hybridized carbons (Fsp3) is 1.00. The van der Waals surface area contributed by atoms with Gasteiger partial charge in [-0.3, -0.25) is 4.90 Å². The Hall–Kier alpha value is -0.150. The van der Waals surface area contributed by atoms with Gasteiger partial charge in [0, 0.05) is 19.1 Å². The third-order valence-corrected chi connectivity index (χ3v) is 2.75. The largest absolute Gasteiger partial charge is 0.299 e. The SMILES string of the molecule is FN1CCCN2CCCC2C1. The summed E-state index contributed by atoms with van der Waals surface area (Å²) < 4.78 is 12.9. The van der Waals surface area contributed by atoms with Gasteiger partial charge in [0.05, 0.1) is 0 Å². The van der Waals surface area contributed by atoms with E-state index in [-0.39, 0.29) is 0 Å². The minimum Gasteiger partial charge on any atom is -0.299 e. The average molecular weight is 158 g/mol. The first-order valence-electron chi connectivity index (χ1n) is 4.51. The van der Waals surface area contributed by atoms with Crippen molar-refractivity contribution in [2.75, 3.05) is 26.2 Å². The Morgan fingerprint density at radius 2 is 1.91 bits per heavy atom. The zero-order valence-electron chi connectivity index (χ0n) is 6.80. The Bertz CT molecular complexity index is 140. The molecule has 0 aromatic heterocycles. The average Bonchev–Trinajstić information content (AvgIpc) is 2.31. The summed E-state index contributed by atoms with van der Waals surface area (Å²) in [6.45, 7) is 3.57. The number of nitrogens with zero attached hydrogens (tertiary/aromatic N) is 2. The fourth-order valence-corrected chi connectivity index (χ4v) is 2.16. The first-order chi connectivity index (χ1) is 5.36. The van der Waals surface area contributed by atoms with Crippen molar-refractivity contribution in [1.82, 2.24) is 10.0 Å². The highest BCUT2D eigenvalue weighted by molar-refractivity contribution is 4.82. The molecule has 0 spiro atoms. The van der Waals surface area contributed by atoms with E-state index in [4.69, 9.17) is 0 Å². The third-order valence-electron chi connectivity index (χ3n) is 2.75. The minimum atomic E-state index is 0.516. The maximum absolute atomic E-state index is 12.9. The molecule has 2 saturated heterocycles. The molecule has 2 aliphatic rings. The van der Waals surface area contributed by atoms with Crippen LogP contribution in [-0.4, -0.2) is 42.2 Å². The van der Waals surface area contributed by atoms with Gasteiger partial charge in [0.25, 0.3) is 0 Å². The molecule has 2 nitrogen and oxygen atoms in total. The molecule has 0 amide bonds. The molecule has 0 aliphatic carbocycles. The Balaban J connectivity index is 1.98. The van der Waals surface area contributed by atoms with Crippen LogP contribution in [-0.2, 0) is 0 Å². The van der Waals surface area contributed by atoms with Gasteiger partial charge in [-0.1, -0.05) is 0 Å². The van der Waals surface area contributed by atoms with Crippen LogP contribution in [0.5, 0.6) is 0 Å². The summed E-state index contributed by atoms with van der Waals surface area (Å²) >= 11 is 0. The van der Waals surface area contributed by atoms with Gasteiger partial charge in [-0.05, 0) is 32.4 Å². The lowest BCUT2D eigenvalue weighted by molar-refractivity contribution is 0.0194. The molecule has 0 radical (unpaired) electrons. The van der Waals surface area contributed by atoms with E-state index in [0.29, 0.717) is 19.1 Å². The Morgan fingerprint density at radius 1 is 1.09 bits per heavy atom. The van der Waals surface area contributed by atoms with Gasteiger partial charge in [-0.25, -0.2) is 0 Å². The predicted octanol–water partition coefficient (Wildman–Crippen LogP) is 1.04. The zero-order valence-corrected chi connectivity index (χ0v) is 6.80. The minimum absolute atomic E-state index is 0.516. The summed E-state index contributed by atoms with van der Waals surface area (Å²) in [5.74, 6) is 0. The van der Waals surface area contributed by atoms with Crippen molar-refractivity contribution in [2.24, 2.45) is 0 Å². The van der Waals surface area contributed by atoms with E-state index in [1.54, 1.807) is 0 Å². The standard InChI is InChI=1S/C8H15FN2/c9-11-6-2-5-10-4-1-3-8(10)7-11/h8H,1-7H2. The molecule has 11 heavy (non-hydrogen) atoms. The monoisotopic (exact) mass is 158 g/mol. The van der Waals surface area contributed by atoms with Crippen LogP contribution in [0.4, 0.5) is 4.48 Å². The highest BCUT2D eigenvalue weighted by atomic mass is 19.2. The second-order valence-electron chi connectivity index (χ2n) is 3.55. The Labute approximate surface area is 66.9 Å². The van der Waals surface area contributed by atoms with E-state index >= 15 is 0 Å². The fourth-order valence-electron chi connectivity index (χ4n) is 2.16. The van der Waals surface area contributed by atoms with E-state index in [0.717, 1.165) is 18.1 Å². The van der Waals surface area contributed by atoms with Gasteiger partial charge in [-0.15, -0.1) is 9.60 Å². The van der Waals surface area contributed by atoms with Crippen LogP contribution in [0.15, 0.2) is 0 Å². The molecule has 2 fully saturated rings. The summed E-state index contributed by atoms with van der Waals surface area (Å²) in [5, 5.41) is 0.982. The number of fused-ring (bicyclic) bond motifs is 1. The molecule has 0 saturated carbocycles. The summed E-state index contributed by atoms with van der Waals surface area (Å²) in [6, 6.07) is 0.516. The van der Waals surface area contributed by atoms with Gasteiger partial charge >= 0.3 is 0 Å². The van der Waals surface area contributed by atoms with Crippen LogP contribution >= 0.6 is 0 Å². The van der Waals surface area contributed by atoms with Crippen molar-refractivity contribution in [1.29, 1.82) is 0 Å². The van der Waals surface area contributed by atoms with Gasteiger partial charge in [0.1, 0.15) is 0 Å². The molecule has 1 unspecified atom stereocenters. The number of hydrogen-bond acceptors (Lipinski definition) is 2. The summed E-state index contributed by atoms with van der Waals surface area (Å²) in [4.78, 5) is 2.43. The van der Waals surface area contributed by atoms with Crippen LogP contribution < -0.4 is 0 Å². The lowest BCUT2D eigenvalue weighted by Gasteiger charge is -2.20. The molecule has 0 aromatic rings. The van der Waals surface area contributed by atoms with Crippen molar-refractivity contribution < 1.29 is 4.48 Å². The molecule has 0 N–H and O–H groups in total. The Kier molecular flexibility index (Phi) is 2.09. The highest BCUT2D eigenvalue weighted by Crippen LogP contribution is 2.20. The van der Waals surface area contributed by atoms with Crippen LogP contribution in [0, 0.1) is 0 Å². The topological polar surface area (TPSA) is 6.48 Å². The second kappa shape index (κ2) is 3.07. The number of hydrogen-bond donors (Lipinski definition) is 0. The van der Waals surface area contributed by atoms with Crippen LogP contribution in [0.2, 0.25) is 0 Å². The summed E-state index contributed by atoms with van der Waals surface area (Å²) in [6.07, 6.45) is 3.45. The molecule has 2 heterocycles. The zero-order chi connectivity index (χ0) is 7.68. The lowest BCUT2D eigenvalue weighted by atomic mass is 10.2. The van der Waals surface area contributed by atoms with Crippen molar-refractivity contribution in [3.8, 4) is 0 Å². The smallest absolute Gasteiger partial charge is 0.0446 e. The lowest BCUT2D eigenvalue weighted by Crippen LogP contribution is -2.33. The summed E-state index contributed by atoms with van der Waals surface area (Å²) in [7, 11) is 0. The number of halogens is 1. The van der Waals surface area contributed by atoms with Crippen molar-refractivity contribution in [3.05, 3.63) is 0 Å². The van der Waals surface area contributed by atoms with E-state index in [1.807, 2.05) is 0 Å². The van der Waals surface area contributed by atoms with E-state index in [1.165, 1.54) is 19.4 Å². The molecule has 2 aliphatic heterocycles. The van der Waals surface area contributed by atoms with E-state index in [2.05, 4.69) is 4.90 Å². The quantitative estimate of drug-likeness (QED) is 0.486. The first-order valence-corrected chi connectivity index (χ1v) is 4.51. The van der Waals surface area contributed by atoms with E-state index in [9.17, 15) is 4.48 Å². The maximum Gasteiger partial charge on any atom is 0.0446 e. The van der Waals surface area contributed by atoms with Crippen molar-refractivity contribution in [2.45, 2.75) is 25.3 Å². The van der Waals surface area contributed by atoms with Gasteiger partial charge in [-0.2, -0.15) is 0 Å².